The minimum absolute atomic E-state index is 0.110. The highest BCUT2D eigenvalue weighted by Gasteiger charge is 2.35. The van der Waals surface area contributed by atoms with Crippen LogP contribution in [0.25, 0.3) is 11.1 Å². The number of urea groups is 1. The van der Waals surface area contributed by atoms with Crippen LogP contribution in [0.5, 0.6) is 0 Å². The number of nitrogens with two attached hydrogens (primary N) is 1. The predicted octanol–water partition coefficient (Wildman–Crippen LogP) is 3.78. The van der Waals surface area contributed by atoms with E-state index in [9.17, 15) is 19.5 Å². The van der Waals surface area contributed by atoms with Gasteiger partial charge in [0.05, 0.1) is 19.4 Å². The summed E-state index contributed by atoms with van der Waals surface area (Å²) in [5.74, 6) is -0.408. The Kier molecular flexibility index (Phi) is 8.05. The maximum absolute atomic E-state index is 13.6. The van der Waals surface area contributed by atoms with E-state index in [1.165, 1.54) is 12.0 Å². The van der Waals surface area contributed by atoms with E-state index < -0.39 is 24.1 Å². The van der Waals surface area contributed by atoms with Crippen molar-refractivity contribution < 1.29 is 24.2 Å². The third-order valence-corrected chi connectivity index (χ3v) is 6.43. The van der Waals surface area contributed by atoms with Gasteiger partial charge < -0.3 is 26.2 Å². The number of aliphatic hydroxyl groups excluding tert-OH is 1. The molecule has 1 aliphatic carbocycles. The molecule has 5 N–H and O–H groups in total. The maximum Gasteiger partial charge on any atom is 0.414 e. The molecule has 9 heteroatoms. The van der Waals surface area contributed by atoms with Crippen LogP contribution >= 0.6 is 0 Å². The average Bonchev–Trinajstić information content (AvgIpc) is 3.29. The monoisotopic (exact) mass is 502 g/mol. The highest BCUT2D eigenvalue weighted by Crippen LogP contribution is 2.42. The van der Waals surface area contributed by atoms with Gasteiger partial charge in [-0.2, -0.15) is 0 Å². The van der Waals surface area contributed by atoms with Crippen LogP contribution in [0.15, 0.2) is 66.7 Å². The quantitative estimate of drug-likeness (QED) is 0.259. The summed E-state index contributed by atoms with van der Waals surface area (Å²) in [6.07, 6.45) is 0.595. The molecular weight excluding hydrogens is 472 g/mol. The number of benzene rings is 3. The van der Waals surface area contributed by atoms with Crippen LogP contribution in [0.4, 0.5) is 21.0 Å². The third kappa shape index (κ3) is 5.73. The standard InChI is InChI=1S/C28H30N4O5/c1-37-28(36)32(24-9-4-8-22-21-7-3-2-6-19(21)16-23(22)24)25(10-5-15-30-27(29)35)26(34)31-20-13-11-18(17-33)12-14-20/h2-4,6-9,11-14,25,33H,5,10,15-17H2,1H3,(H,31,34)(H3,29,30,35). The molecule has 1 aliphatic rings. The zero-order valence-corrected chi connectivity index (χ0v) is 20.6. The number of hydrogen-bond acceptors (Lipinski definition) is 5. The molecule has 37 heavy (non-hydrogen) atoms. The molecule has 4 rings (SSSR count). The lowest BCUT2D eigenvalue weighted by atomic mass is 10.0. The maximum atomic E-state index is 13.6. The lowest BCUT2D eigenvalue weighted by Gasteiger charge is -2.31. The summed E-state index contributed by atoms with van der Waals surface area (Å²) in [6, 6.07) is 18.9. The molecule has 0 saturated carbocycles. The number of hydrogen-bond donors (Lipinski definition) is 4. The lowest BCUT2D eigenvalue weighted by molar-refractivity contribution is -0.117. The predicted molar refractivity (Wildman–Crippen MR) is 141 cm³/mol. The van der Waals surface area contributed by atoms with Crippen molar-refractivity contribution in [1.29, 1.82) is 0 Å². The fraction of sp³-hybridized carbons (Fsp3) is 0.250. The zero-order valence-electron chi connectivity index (χ0n) is 20.6. The minimum atomic E-state index is -0.935. The van der Waals surface area contributed by atoms with Crippen LogP contribution in [0.1, 0.15) is 29.5 Å². The molecule has 1 unspecified atom stereocenters. The number of rotatable bonds is 9. The molecule has 0 bridgehead atoms. The van der Waals surface area contributed by atoms with Crippen molar-refractivity contribution in [3.05, 3.63) is 83.4 Å². The van der Waals surface area contributed by atoms with E-state index in [1.807, 2.05) is 36.4 Å². The number of carbonyl (C=O) groups is 3. The second kappa shape index (κ2) is 11.6. The number of anilines is 2. The summed E-state index contributed by atoms with van der Waals surface area (Å²) >= 11 is 0. The van der Waals surface area contributed by atoms with Gasteiger partial charge in [0.2, 0.25) is 5.91 Å². The fourth-order valence-electron chi connectivity index (χ4n) is 4.66. The largest absolute Gasteiger partial charge is 0.452 e. The second-order valence-electron chi connectivity index (χ2n) is 8.77. The van der Waals surface area contributed by atoms with Gasteiger partial charge in [-0.3, -0.25) is 9.69 Å². The van der Waals surface area contributed by atoms with Crippen LogP contribution in [0, 0.1) is 0 Å². The van der Waals surface area contributed by atoms with Crippen LogP contribution in [-0.2, 0) is 22.6 Å². The molecule has 0 fully saturated rings. The molecular formula is C28H30N4O5. The normalized spacial score (nSPS) is 12.2. The summed E-state index contributed by atoms with van der Waals surface area (Å²) < 4.78 is 5.15. The average molecular weight is 503 g/mol. The first kappa shape index (κ1) is 25.7. The van der Waals surface area contributed by atoms with Gasteiger partial charge in [0.25, 0.3) is 0 Å². The topological polar surface area (TPSA) is 134 Å². The van der Waals surface area contributed by atoms with Crippen molar-refractivity contribution in [1.82, 2.24) is 5.32 Å². The Morgan fingerprint density at radius 3 is 2.46 bits per heavy atom. The van der Waals surface area contributed by atoms with Gasteiger partial charge in [-0.1, -0.05) is 48.5 Å². The molecule has 9 nitrogen and oxygen atoms in total. The van der Waals surface area contributed by atoms with Crippen molar-refractivity contribution in [2.45, 2.75) is 31.9 Å². The molecule has 0 aromatic heterocycles. The van der Waals surface area contributed by atoms with E-state index in [1.54, 1.807) is 24.3 Å². The number of nitrogens with zero attached hydrogens (tertiary/aromatic N) is 1. The Hall–Kier alpha value is -4.37. The third-order valence-electron chi connectivity index (χ3n) is 6.43. The zero-order chi connectivity index (χ0) is 26.4. The van der Waals surface area contributed by atoms with Crippen molar-refractivity contribution in [2.24, 2.45) is 5.73 Å². The first-order chi connectivity index (χ1) is 17.9. The summed E-state index contributed by atoms with van der Waals surface area (Å²) in [4.78, 5) is 39.4. The van der Waals surface area contributed by atoms with Gasteiger partial charge in [-0.25, -0.2) is 9.59 Å². The van der Waals surface area contributed by atoms with E-state index in [0.717, 1.165) is 22.3 Å². The van der Waals surface area contributed by atoms with Gasteiger partial charge in [0, 0.05) is 18.7 Å². The smallest absolute Gasteiger partial charge is 0.414 e. The molecule has 0 aliphatic heterocycles. The van der Waals surface area contributed by atoms with Gasteiger partial charge in [-0.05, 0) is 58.9 Å². The molecule has 3 aromatic rings. The Morgan fingerprint density at radius 1 is 1.03 bits per heavy atom. The van der Waals surface area contributed by atoms with E-state index >= 15 is 0 Å². The van der Waals surface area contributed by atoms with Gasteiger partial charge in [-0.15, -0.1) is 0 Å². The van der Waals surface area contributed by atoms with Crippen molar-refractivity contribution >= 4 is 29.4 Å². The Labute approximate surface area is 215 Å². The Bertz CT molecular complexity index is 1290. The highest BCUT2D eigenvalue weighted by atomic mass is 16.5. The molecule has 0 heterocycles. The number of carbonyl (C=O) groups excluding carboxylic acids is 3. The number of ether oxygens (including phenoxy) is 1. The van der Waals surface area contributed by atoms with E-state index in [0.29, 0.717) is 29.8 Å². The van der Waals surface area contributed by atoms with Crippen LogP contribution in [0.3, 0.4) is 0 Å². The summed E-state index contributed by atoms with van der Waals surface area (Å²) in [6.45, 7) is 0.138. The molecule has 0 spiro atoms. The number of nitrogens with one attached hydrogen (secondary N) is 2. The molecule has 192 valence electrons. The Morgan fingerprint density at radius 2 is 1.76 bits per heavy atom. The number of aliphatic hydroxyl groups is 1. The lowest BCUT2D eigenvalue weighted by Crippen LogP contribution is -2.48. The molecule has 0 saturated heterocycles. The number of amides is 4. The van der Waals surface area contributed by atoms with Crippen molar-refractivity contribution in [3.63, 3.8) is 0 Å². The molecule has 3 aromatic carbocycles. The van der Waals surface area contributed by atoms with E-state index in [-0.39, 0.29) is 19.6 Å². The molecule has 4 amide bonds. The van der Waals surface area contributed by atoms with Gasteiger partial charge in [0.15, 0.2) is 0 Å². The van der Waals surface area contributed by atoms with E-state index in [4.69, 9.17) is 10.5 Å². The van der Waals surface area contributed by atoms with Crippen LogP contribution < -0.4 is 21.3 Å². The SMILES string of the molecule is COC(=O)N(c1cccc2c1Cc1ccccc1-2)C(CCCNC(N)=O)C(=O)Nc1ccc(CO)cc1. The number of methoxy groups -OCH3 is 1. The first-order valence-corrected chi connectivity index (χ1v) is 12.0. The minimum Gasteiger partial charge on any atom is -0.452 e. The van der Waals surface area contributed by atoms with Crippen molar-refractivity contribution in [2.75, 3.05) is 23.9 Å². The summed E-state index contributed by atoms with van der Waals surface area (Å²) in [7, 11) is 1.28. The fourth-order valence-corrected chi connectivity index (χ4v) is 4.66. The van der Waals surface area contributed by atoms with Gasteiger partial charge >= 0.3 is 12.1 Å². The van der Waals surface area contributed by atoms with Crippen molar-refractivity contribution in [3.8, 4) is 11.1 Å². The van der Waals surface area contributed by atoms with E-state index in [2.05, 4.69) is 16.7 Å². The second-order valence-corrected chi connectivity index (χ2v) is 8.77. The number of fused-ring (bicyclic) bond motifs is 3. The highest BCUT2D eigenvalue weighted by molar-refractivity contribution is 6.04. The van der Waals surface area contributed by atoms with Crippen LogP contribution in [0.2, 0.25) is 0 Å². The number of primary amides is 1. The Balaban J connectivity index is 1.70. The summed E-state index contributed by atoms with van der Waals surface area (Å²) in [5, 5.41) is 14.7. The molecule has 0 radical (unpaired) electrons. The molecule has 1 atom stereocenters. The first-order valence-electron chi connectivity index (χ1n) is 12.0. The van der Waals surface area contributed by atoms with Gasteiger partial charge in [0.1, 0.15) is 6.04 Å². The summed E-state index contributed by atoms with van der Waals surface area (Å²) in [5.41, 5.74) is 11.2. The van der Waals surface area contributed by atoms with Crippen LogP contribution in [-0.4, -0.2) is 42.8 Å².